The van der Waals surface area contributed by atoms with Gasteiger partial charge >= 0.3 is 0 Å². The van der Waals surface area contributed by atoms with Gasteiger partial charge in [0.1, 0.15) is 5.15 Å². The lowest BCUT2D eigenvalue weighted by Gasteiger charge is -2.40. The molecule has 1 aromatic heterocycles. The molecule has 1 amide bonds. The largest absolute Gasteiger partial charge is 0.351 e. The third-order valence-corrected chi connectivity index (χ3v) is 9.44. The molecule has 7 heteroatoms. The van der Waals surface area contributed by atoms with Gasteiger partial charge in [0.25, 0.3) is 5.91 Å². The molecule has 3 aliphatic rings. The number of hydrogen-bond acceptors (Lipinski definition) is 4. The number of sulfone groups is 1. The highest BCUT2D eigenvalue weighted by Gasteiger charge is 2.43. The van der Waals surface area contributed by atoms with E-state index in [0.717, 1.165) is 50.9 Å². The fourth-order valence-corrected chi connectivity index (χ4v) is 7.04. The minimum atomic E-state index is -2.98. The summed E-state index contributed by atoms with van der Waals surface area (Å²) >= 11 is 6.05. The van der Waals surface area contributed by atoms with E-state index in [2.05, 4.69) is 10.3 Å². The Morgan fingerprint density at radius 1 is 1.14 bits per heavy atom. The van der Waals surface area contributed by atoms with Crippen LogP contribution in [0.4, 0.5) is 0 Å². The molecule has 0 atom stereocenters. The second-order valence-electron chi connectivity index (χ2n) is 9.14. The smallest absolute Gasteiger partial charge is 0.254 e. The lowest BCUT2D eigenvalue weighted by molar-refractivity contribution is 0.0895. The van der Waals surface area contributed by atoms with Crippen LogP contribution in [0.2, 0.25) is 5.15 Å². The van der Waals surface area contributed by atoms with Crippen LogP contribution < -0.4 is 5.32 Å². The lowest BCUT2D eigenvalue weighted by atomic mass is 9.70. The number of pyridine rings is 1. The normalized spacial score (nSPS) is 28.1. The monoisotopic (exact) mass is 424 g/mol. The maximum Gasteiger partial charge on any atom is 0.254 e. The van der Waals surface area contributed by atoms with Gasteiger partial charge in [0, 0.05) is 12.7 Å². The zero-order valence-electron chi connectivity index (χ0n) is 16.2. The Labute approximate surface area is 172 Å². The van der Waals surface area contributed by atoms with Gasteiger partial charge in [-0.3, -0.25) is 4.79 Å². The number of aromatic nitrogens is 1. The maximum atomic E-state index is 12.7. The van der Waals surface area contributed by atoms with Crippen molar-refractivity contribution < 1.29 is 13.2 Å². The third-order valence-electron chi connectivity index (χ3n) is 6.71. The first-order chi connectivity index (χ1) is 13.4. The first-order valence-electron chi connectivity index (χ1n) is 10.5. The Morgan fingerprint density at radius 3 is 2.43 bits per heavy atom. The summed E-state index contributed by atoms with van der Waals surface area (Å²) in [5.74, 6) is 1.32. The molecule has 0 radical (unpaired) electrons. The Morgan fingerprint density at radius 2 is 1.82 bits per heavy atom. The van der Waals surface area contributed by atoms with Crippen molar-refractivity contribution in [2.45, 2.75) is 63.0 Å². The Hall–Kier alpha value is -1.14. The van der Waals surface area contributed by atoms with Crippen LogP contribution in [0, 0.1) is 17.3 Å². The Bertz CT molecular complexity index is 826. The van der Waals surface area contributed by atoms with E-state index in [0.29, 0.717) is 23.8 Å². The highest BCUT2D eigenvalue weighted by atomic mass is 35.5. The van der Waals surface area contributed by atoms with E-state index in [9.17, 15) is 13.2 Å². The quantitative estimate of drug-likeness (QED) is 0.639. The fourth-order valence-electron chi connectivity index (χ4n) is 4.62. The van der Waals surface area contributed by atoms with E-state index in [-0.39, 0.29) is 21.7 Å². The summed E-state index contributed by atoms with van der Waals surface area (Å²) in [6.45, 7) is 0.586. The number of nitrogens with zero attached hydrogens (tertiary/aromatic N) is 1. The van der Waals surface area contributed by atoms with E-state index < -0.39 is 9.84 Å². The van der Waals surface area contributed by atoms with Crippen LogP contribution in [0.15, 0.2) is 18.3 Å². The molecule has 5 nitrogen and oxygen atoms in total. The van der Waals surface area contributed by atoms with Gasteiger partial charge in [0.05, 0.1) is 16.6 Å². The molecule has 0 spiro atoms. The van der Waals surface area contributed by atoms with Crippen LogP contribution >= 0.6 is 11.6 Å². The summed E-state index contributed by atoms with van der Waals surface area (Å²) in [4.78, 5) is 16.5. The van der Waals surface area contributed by atoms with Gasteiger partial charge in [0.15, 0.2) is 9.84 Å². The first kappa shape index (κ1) is 20.1. The van der Waals surface area contributed by atoms with Crippen molar-refractivity contribution in [1.29, 1.82) is 0 Å². The van der Waals surface area contributed by atoms with Gasteiger partial charge in [-0.15, -0.1) is 0 Å². The molecule has 1 N–H and O–H groups in total. The second kappa shape index (κ2) is 7.94. The van der Waals surface area contributed by atoms with Gasteiger partial charge in [-0.1, -0.05) is 24.4 Å². The molecule has 3 fully saturated rings. The number of hydrogen-bond donors (Lipinski definition) is 1. The van der Waals surface area contributed by atoms with Crippen LogP contribution in [0.25, 0.3) is 0 Å². The van der Waals surface area contributed by atoms with Crippen LogP contribution in [-0.4, -0.2) is 36.9 Å². The van der Waals surface area contributed by atoms with Crippen LogP contribution in [0.5, 0.6) is 0 Å². The molecule has 0 aromatic carbocycles. The number of halogens is 1. The predicted molar refractivity (Wildman–Crippen MR) is 110 cm³/mol. The zero-order valence-corrected chi connectivity index (χ0v) is 17.8. The molecule has 0 unspecified atom stereocenters. The molecule has 0 aliphatic heterocycles. The van der Waals surface area contributed by atoms with Crippen molar-refractivity contribution in [3.05, 3.63) is 29.0 Å². The van der Waals surface area contributed by atoms with Gasteiger partial charge in [0.2, 0.25) is 0 Å². The molecule has 154 valence electrons. The van der Waals surface area contributed by atoms with E-state index in [1.165, 1.54) is 12.8 Å². The minimum absolute atomic E-state index is 0.0110. The van der Waals surface area contributed by atoms with Crippen LogP contribution in [0.1, 0.15) is 68.1 Å². The van der Waals surface area contributed by atoms with Crippen molar-refractivity contribution in [3.63, 3.8) is 0 Å². The number of carbonyl (C=O) groups is 1. The van der Waals surface area contributed by atoms with Gasteiger partial charge in [-0.05, 0) is 74.3 Å². The molecular weight excluding hydrogens is 396 g/mol. The maximum absolute atomic E-state index is 12.7. The summed E-state index contributed by atoms with van der Waals surface area (Å²) in [5.41, 5.74) is 0.406. The second-order valence-corrected chi connectivity index (χ2v) is 11.8. The summed E-state index contributed by atoms with van der Waals surface area (Å²) < 4.78 is 25.4. The summed E-state index contributed by atoms with van der Waals surface area (Å²) in [6.07, 6.45) is 10.5. The number of carbonyl (C=O) groups excluding carboxylic acids is 1. The van der Waals surface area contributed by atoms with Crippen molar-refractivity contribution in [3.8, 4) is 0 Å². The topological polar surface area (TPSA) is 76.1 Å². The Balaban J connectivity index is 1.39. The lowest BCUT2D eigenvalue weighted by Crippen LogP contribution is -2.43. The summed E-state index contributed by atoms with van der Waals surface area (Å²) in [5, 5.41) is 3.09. The molecule has 28 heavy (non-hydrogen) atoms. The van der Waals surface area contributed by atoms with Crippen molar-refractivity contribution >= 4 is 27.3 Å². The number of nitrogens with one attached hydrogen (secondary N) is 1. The van der Waals surface area contributed by atoms with Crippen molar-refractivity contribution in [2.24, 2.45) is 17.3 Å². The highest BCUT2D eigenvalue weighted by Crippen LogP contribution is 2.48. The third kappa shape index (κ3) is 4.88. The Kier molecular flexibility index (Phi) is 5.71. The summed E-state index contributed by atoms with van der Waals surface area (Å²) in [6, 6.07) is 3.39. The van der Waals surface area contributed by atoms with Gasteiger partial charge < -0.3 is 5.32 Å². The highest BCUT2D eigenvalue weighted by molar-refractivity contribution is 7.92. The van der Waals surface area contributed by atoms with E-state index in [4.69, 9.17) is 11.6 Å². The predicted octanol–water partition coefficient (Wildman–Crippen LogP) is 4.02. The molecule has 3 aliphatic carbocycles. The van der Waals surface area contributed by atoms with E-state index in [1.54, 1.807) is 18.3 Å². The van der Waals surface area contributed by atoms with Crippen molar-refractivity contribution in [1.82, 2.24) is 10.3 Å². The van der Waals surface area contributed by atoms with Crippen LogP contribution in [0.3, 0.4) is 0 Å². The first-order valence-corrected chi connectivity index (χ1v) is 12.6. The number of amides is 1. The van der Waals surface area contributed by atoms with E-state index in [1.807, 2.05) is 0 Å². The van der Waals surface area contributed by atoms with Crippen molar-refractivity contribution in [2.75, 3.05) is 12.3 Å². The molecule has 1 heterocycles. The molecule has 1 aromatic rings. The average Bonchev–Trinajstić information content (AvgIpc) is 3.58. The van der Waals surface area contributed by atoms with Gasteiger partial charge in [-0.2, -0.15) is 0 Å². The molecular formula is C21H29ClN2O3S. The molecule has 0 bridgehead atoms. The minimum Gasteiger partial charge on any atom is -0.351 e. The van der Waals surface area contributed by atoms with Crippen LogP contribution in [-0.2, 0) is 9.84 Å². The fraction of sp³-hybridized carbons (Fsp3) is 0.714. The molecule has 0 saturated heterocycles. The van der Waals surface area contributed by atoms with Gasteiger partial charge in [-0.25, -0.2) is 13.4 Å². The summed E-state index contributed by atoms with van der Waals surface area (Å²) in [7, 11) is -2.98. The average molecular weight is 425 g/mol. The zero-order chi connectivity index (χ0) is 19.8. The molecule has 4 rings (SSSR count). The van der Waals surface area contributed by atoms with E-state index >= 15 is 0 Å². The SMILES string of the molecule is O=C(NCC1(CC2CC2)CCC(S(=O)(=O)CC2CC2)CC1)c1cccnc1Cl. The molecule has 3 saturated carbocycles. The number of rotatable bonds is 8. The standard InChI is InChI=1S/C21H29ClN2O3S/c22-19-18(2-1-11-23-19)20(25)24-14-21(12-15-3-4-15)9-7-17(8-10-21)28(26,27)13-16-5-6-16/h1-2,11,15-17H,3-10,12-14H2,(H,24,25).